The minimum atomic E-state index is -0.520. The molecule has 2 aromatic rings. The SMILES string of the molecule is N#Cc1[nH]cnc1NC(=O)c1cccc(F)c1. The van der Waals surface area contributed by atoms with Crippen LogP contribution >= 0.6 is 0 Å². The molecule has 0 bridgehead atoms. The number of H-pyrrole nitrogens is 1. The van der Waals surface area contributed by atoms with Crippen LogP contribution in [0.15, 0.2) is 30.6 Å². The Kier molecular flexibility index (Phi) is 2.83. The molecular weight excluding hydrogens is 223 g/mol. The van der Waals surface area contributed by atoms with Crippen LogP contribution in [0.5, 0.6) is 0 Å². The molecular formula is C11H7FN4O. The van der Waals surface area contributed by atoms with E-state index in [1.807, 2.05) is 6.07 Å². The summed E-state index contributed by atoms with van der Waals surface area (Å²) >= 11 is 0. The molecule has 2 rings (SSSR count). The number of hydrogen-bond donors (Lipinski definition) is 2. The number of nitrogens with one attached hydrogen (secondary N) is 2. The second kappa shape index (κ2) is 4.45. The molecule has 1 aromatic heterocycles. The monoisotopic (exact) mass is 230 g/mol. The van der Waals surface area contributed by atoms with E-state index in [1.165, 1.54) is 24.5 Å². The van der Waals surface area contributed by atoms with Crippen LogP contribution in [0.3, 0.4) is 0 Å². The van der Waals surface area contributed by atoms with E-state index in [4.69, 9.17) is 5.26 Å². The van der Waals surface area contributed by atoms with Crippen molar-refractivity contribution in [2.75, 3.05) is 5.32 Å². The number of imidazole rings is 1. The van der Waals surface area contributed by atoms with Gasteiger partial charge in [-0.1, -0.05) is 6.07 Å². The maximum absolute atomic E-state index is 12.9. The lowest BCUT2D eigenvalue weighted by Gasteiger charge is -2.02. The first-order valence-electron chi connectivity index (χ1n) is 4.71. The van der Waals surface area contributed by atoms with Gasteiger partial charge in [0.25, 0.3) is 5.91 Å². The van der Waals surface area contributed by atoms with Crippen LogP contribution in [0.1, 0.15) is 16.1 Å². The van der Waals surface area contributed by atoms with Crippen molar-refractivity contribution in [2.45, 2.75) is 0 Å². The molecule has 1 amide bonds. The number of benzene rings is 1. The fraction of sp³-hybridized carbons (Fsp3) is 0. The van der Waals surface area contributed by atoms with E-state index in [1.54, 1.807) is 0 Å². The maximum Gasteiger partial charge on any atom is 0.256 e. The standard InChI is InChI=1S/C11H7FN4O/c12-8-3-1-2-7(4-8)11(17)16-10-9(5-13)14-6-15-10/h1-4,6H,(H,14,15)(H,16,17). The summed E-state index contributed by atoms with van der Waals surface area (Å²) in [6, 6.07) is 7.08. The molecule has 6 heteroatoms. The molecule has 84 valence electrons. The highest BCUT2D eigenvalue weighted by molar-refractivity contribution is 6.04. The molecule has 0 radical (unpaired) electrons. The molecule has 17 heavy (non-hydrogen) atoms. The van der Waals surface area contributed by atoms with Crippen molar-refractivity contribution in [3.8, 4) is 6.07 Å². The Morgan fingerprint density at radius 1 is 1.53 bits per heavy atom. The Labute approximate surface area is 95.9 Å². The summed E-state index contributed by atoms with van der Waals surface area (Å²) in [5.74, 6) is -0.893. The molecule has 0 unspecified atom stereocenters. The number of rotatable bonds is 2. The van der Waals surface area contributed by atoms with Crippen LogP contribution in [-0.4, -0.2) is 15.9 Å². The fourth-order valence-corrected chi connectivity index (χ4v) is 1.28. The van der Waals surface area contributed by atoms with Crippen LogP contribution in [0.4, 0.5) is 10.2 Å². The molecule has 1 heterocycles. The number of halogens is 1. The molecule has 0 saturated carbocycles. The molecule has 2 N–H and O–H groups in total. The number of carbonyl (C=O) groups excluding carboxylic acids is 1. The van der Waals surface area contributed by atoms with Crippen molar-refractivity contribution in [1.82, 2.24) is 9.97 Å². The smallest absolute Gasteiger partial charge is 0.256 e. The Bertz CT molecular complexity index is 600. The van der Waals surface area contributed by atoms with Crippen LogP contribution < -0.4 is 5.32 Å². The maximum atomic E-state index is 12.9. The highest BCUT2D eigenvalue weighted by Gasteiger charge is 2.11. The van der Waals surface area contributed by atoms with Gasteiger partial charge in [-0.3, -0.25) is 4.79 Å². The van der Waals surface area contributed by atoms with Gasteiger partial charge in [-0.05, 0) is 18.2 Å². The van der Waals surface area contributed by atoms with E-state index < -0.39 is 11.7 Å². The highest BCUT2D eigenvalue weighted by atomic mass is 19.1. The van der Waals surface area contributed by atoms with E-state index in [0.29, 0.717) is 0 Å². The van der Waals surface area contributed by atoms with Gasteiger partial charge < -0.3 is 10.3 Å². The average molecular weight is 230 g/mol. The predicted molar refractivity (Wildman–Crippen MR) is 57.7 cm³/mol. The number of aromatic amines is 1. The zero-order chi connectivity index (χ0) is 12.3. The molecule has 0 fully saturated rings. The van der Waals surface area contributed by atoms with Crippen molar-refractivity contribution in [3.05, 3.63) is 47.7 Å². The minimum Gasteiger partial charge on any atom is -0.335 e. The summed E-state index contributed by atoms with van der Waals surface area (Å²) in [5, 5.41) is 11.1. The van der Waals surface area contributed by atoms with E-state index in [9.17, 15) is 9.18 Å². The molecule has 0 spiro atoms. The Balaban J connectivity index is 2.21. The predicted octanol–water partition coefficient (Wildman–Crippen LogP) is 1.67. The number of carbonyl (C=O) groups is 1. The quantitative estimate of drug-likeness (QED) is 0.823. The topological polar surface area (TPSA) is 81.6 Å². The minimum absolute atomic E-state index is 0.127. The van der Waals surface area contributed by atoms with Gasteiger partial charge in [0.1, 0.15) is 11.9 Å². The molecule has 1 aromatic carbocycles. The lowest BCUT2D eigenvalue weighted by Crippen LogP contribution is -2.13. The van der Waals surface area contributed by atoms with Crippen LogP contribution in [0.25, 0.3) is 0 Å². The molecule has 0 saturated heterocycles. The summed E-state index contributed by atoms with van der Waals surface area (Å²) in [5.41, 5.74) is 0.312. The van der Waals surface area contributed by atoms with Crippen LogP contribution in [0, 0.1) is 17.1 Å². The van der Waals surface area contributed by atoms with E-state index in [2.05, 4.69) is 15.3 Å². The molecule has 5 nitrogen and oxygen atoms in total. The molecule has 0 aliphatic rings. The number of nitrogens with zero attached hydrogens (tertiary/aromatic N) is 2. The number of hydrogen-bond acceptors (Lipinski definition) is 3. The van der Waals surface area contributed by atoms with Gasteiger partial charge in [-0.25, -0.2) is 9.37 Å². The van der Waals surface area contributed by atoms with Gasteiger partial charge in [0.15, 0.2) is 11.5 Å². The summed E-state index contributed by atoms with van der Waals surface area (Å²) < 4.78 is 12.9. The van der Waals surface area contributed by atoms with Gasteiger partial charge >= 0.3 is 0 Å². The largest absolute Gasteiger partial charge is 0.335 e. The van der Waals surface area contributed by atoms with E-state index in [0.717, 1.165) is 6.07 Å². The van der Waals surface area contributed by atoms with Crippen molar-refractivity contribution in [3.63, 3.8) is 0 Å². The van der Waals surface area contributed by atoms with E-state index in [-0.39, 0.29) is 17.1 Å². The number of amides is 1. The van der Waals surface area contributed by atoms with Crippen LogP contribution in [-0.2, 0) is 0 Å². The van der Waals surface area contributed by atoms with Gasteiger partial charge in [-0.2, -0.15) is 5.26 Å². The first-order chi connectivity index (χ1) is 8.20. The molecule has 0 aliphatic carbocycles. The number of anilines is 1. The van der Waals surface area contributed by atoms with Crippen molar-refractivity contribution in [2.24, 2.45) is 0 Å². The average Bonchev–Trinajstić information content (AvgIpc) is 2.76. The Morgan fingerprint density at radius 3 is 3.06 bits per heavy atom. The number of nitriles is 1. The first kappa shape index (κ1) is 10.8. The lowest BCUT2D eigenvalue weighted by molar-refractivity contribution is 0.102. The lowest BCUT2D eigenvalue weighted by atomic mass is 10.2. The summed E-state index contributed by atoms with van der Waals surface area (Å²) in [7, 11) is 0. The van der Waals surface area contributed by atoms with Crippen molar-refractivity contribution < 1.29 is 9.18 Å². The third kappa shape index (κ3) is 2.29. The van der Waals surface area contributed by atoms with E-state index >= 15 is 0 Å². The second-order valence-electron chi connectivity index (χ2n) is 3.20. The summed E-state index contributed by atoms with van der Waals surface area (Å²) in [4.78, 5) is 18.0. The Hall–Kier alpha value is -2.68. The van der Waals surface area contributed by atoms with Gasteiger partial charge in [0.2, 0.25) is 0 Å². The zero-order valence-corrected chi connectivity index (χ0v) is 8.57. The summed E-state index contributed by atoms with van der Waals surface area (Å²) in [6.45, 7) is 0. The summed E-state index contributed by atoms with van der Waals surface area (Å²) in [6.07, 6.45) is 1.29. The fourth-order valence-electron chi connectivity index (χ4n) is 1.28. The number of aromatic nitrogens is 2. The second-order valence-corrected chi connectivity index (χ2v) is 3.20. The van der Waals surface area contributed by atoms with Crippen LogP contribution in [0.2, 0.25) is 0 Å². The van der Waals surface area contributed by atoms with Crippen molar-refractivity contribution in [1.29, 1.82) is 5.26 Å². The molecule has 0 aliphatic heterocycles. The molecule has 0 atom stereocenters. The highest BCUT2D eigenvalue weighted by Crippen LogP contribution is 2.10. The zero-order valence-electron chi connectivity index (χ0n) is 8.57. The van der Waals surface area contributed by atoms with Crippen molar-refractivity contribution >= 4 is 11.7 Å². The van der Waals surface area contributed by atoms with Gasteiger partial charge in [0.05, 0.1) is 6.33 Å². The normalized spacial score (nSPS) is 9.65. The third-order valence-corrected chi connectivity index (χ3v) is 2.07. The van der Waals surface area contributed by atoms with Gasteiger partial charge in [-0.15, -0.1) is 0 Å². The first-order valence-corrected chi connectivity index (χ1v) is 4.71. The Morgan fingerprint density at radius 2 is 2.35 bits per heavy atom. The third-order valence-electron chi connectivity index (χ3n) is 2.07. The van der Waals surface area contributed by atoms with Gasteiger partial charge in [0, 0.05) is 5.56 Å².